The van der Waals surface area contributed by atoms with Gasteiger partial charge in [0.2, 0.25) is 0 Å². The van der Waals surface area contributed by atoms with Gasteiger partial charge in [-0.1, -0.05) is 12.1 Å². The van der Waals surface area contributed by atoms with Crippen LogP contribution < -0.4 is 4.90 Å². The number of nitrogens with zero attached hydrogens (tertiary/aromatic N) is 3. The predicted molar refractivity (Wildman–Crippen MR) is 119 cm³/mol. The van der Waals surface area contributed by atoms with Gasteiger partial charge in [0.05, 0.1) is 34.5 Å². The van der Waals surface area contributed by atoms with E-state index < -0.39 is 22.6 Å². The van der Waals surface area contributed by atoms with Gasteiger partial charge in [-0.3, -0.25) is 29.4 Å². The number of nitro groups is 1. The van der Waals surface area contributed by atoms with Crippen molar-refractivity contribution < 1.29 is 28.5 Å². The molecular formula is C22H15N3O7S. The number of rotatable bonds is 6. The second-order valence-corrected chi connectivity index (χ2v) is 7.16. The Morgan fingerprint density at radius 3 is 2.21 bits per heavy atom. The predicted octanol–water partition coefficient (Wildman–Crippen LogP) is 3.43. The average Bonchev–Trinajstić information content (AvgIpc) is 3.43. The van der Waals surface area contributed by atoms with Crippen LogP contribution in [0.1, 0.15) is 31.3 Å². The van der Waals surface area contributed by atoms with Crippen LogP contribution in [0, 0.1) is 10.1 Å². The van der Waals surface area contributed by atoms with E-state index in [0.717, 1.165) is 9.80 Å². The van der Waals surface area contributed by atoms with Crippen LogP contribution in [0.2, 0.25) is 0 Å². The first-order chi connectivity index (χ1) is 15.9. The van der Waals surface area contributed by atoms with Crippen molar-refractivity contribution in [3.8, 4) is 0 Å². The average molecular weight is 465 g/mol. The Hall–Kier alpha value is -4.38. The van der Waals surface area contributed by atoms with Gasteiger partial charge >= 0.3 is 5.91 Å². The Bertz CT molecular complexity index is 1220. The summed E-state index contributed by atoms with van der Waals surface area (Å²) < 4.78 is 10.7. The maximum absolute atomic E-state index is 13.0. The molecule has 3 amide bonds. The largest absolute Gasteiger partial charge is 0.468 e. The number of hydrogen-bond donors (Lipinski definition) is 0. The van der Waals surface area contributed by atoms with E-state index in [1.807, 2.05) is 0 Å². The van der Waals surface area contributed by atoms with Crippen molar-refractivity contribution in [3.63, 3.8) is 0 Å². The quantitative estimate of drug-likeness (QED) is 0.235. The number of non-ortho nitro benzene ring substituents is 1. The summed E-state index contributed by atoms with van der Waals surface area (Å²) in [6.07, 6.45) is 1.31. The molecule has 11 heteroatoms. The number of carbonyl (C=O) groups is 3. The molecule has 1 aliphatic rings. The van der Waals surface area contributed by atoms with Crippen molar-refractivity contribution in [2.45, 2.75) is 0 Å². The summed E-state index contributed by atoms with van der Waals surface area (Å²) in [6, 6.07) is 14.6. The summed E-state index contributed by atoms with van der Waals surface area (Å²) in [4.78, 5) is 50.3. The molecule has 0 fully saturated rings. The Labute approximate surface area is 192 Å². The zero-order chi connectivity index (χ0) is 23.5. The number of thiocarbonyl (C=S) groups is 1. The maximum atomic E-state index is 13.0. The molecule has 166 valence electrons. The Morgan fingerprint density at radius 1 is 1.03 bits per heavy atom. The molecule has 0 unspecified atom stereocenters. The van der Waals surface area contributed by atoms with Gasteiger partial charge in [-0.05, 0) is 48.6 Å². The summed E-state index contributed by atoms with van der Waals surface area (Å²) in [6.45, 7) is -0.255. The zero-order valence-electron chi connectivity index (χ0n) is 16.9. The molecule has 10 nitrogen and oxygen atoms in total. The maximum Gasteiger partial charge on any atom is 0.301 e. The number of carbonyl (C=O) groups excluding carboxylic acids is 3. The van der Waals surface area contributed by atoms with Gasteiger partial charge < -0.3 is 9.15 Å². The fourth-order valence-corrected chi connectivity index (χ4v) is 3.54. The molecule has 33 heavy (non-hydrogen) atoms. The number of nitro benzene ring substituents is 1. The van der Waals surface area contributed by atoms with E-state index in [1.165, 1.54) is 42.7 Å². The van der Waals surface area contributed by atoms with Gasteiger partial charge in [0.15, 0.2) is 5.76 Å². The van der Waals surface area contributed by atoms with E-state index in [-0.39, 0.29) is 35.5 Å². The van der Waals surface area contributed by atoms with Gasteiger partial charge in [-0.2, -0.15) is 0 Å². The molecule has 0 atom stereocenters. The van der Waals surface area contributed by atoms with Crippen LogP contribution in [0.5, 0.6) is 0 Å². The molecule has 2 aromatic carbocycles. The fourth-order valence-electron chi connectivity index (χ4n) is 3.27. The van der Waals surface area contributed by atoms with Crippen molar-refractivity contribution in [2.75, 3.05) is 18.1 Å². The van der Waals surface area contributed by atoms with Crippen LogP contribution in [-0.4, -0.2) is 45.9 Å². The number of ether oxygens (including phenoxy) is 1. The van der Waals surface area contributed by atoms with Crippen molar-refractivity contribution in [2.24, 2.45) is 0 Å². The second-order valence-electron chi connectivity index (χ2n) is 6.81. The van der Waals surface area contributed by atoms with Crippen LogP contribution in [-0.2, 0) is 4.74 Å². The number of benzene rings is 2. The smallest absolute Gasteiger partial charge is 0.301 e. The highest BCUT2D eigenvalue weighted by molar-refractivity contribution is 7.80. The lowest BCUT2D eigenvalue weighted by molar-refractivity contribution is -0.384. The van der Waals surface area contributed by atoms with E-state index in [0.29, 0.717) is 11.1 Å². The van der Waals surface area contributed by atoms with Crippen LogP contribution in [0.15, 0.2) is 71.3 Å². The van der Waals surface area contributed by atoms with E-state index in [2.05, 4.69) is 0 Å². The number of fused-ring (bicyclic) bond motifs is 1. The van der Waals surface area contributed by atoms with Crippen LogP contribution >= 0.6 is 12.2 Å². The molecule has 1 aromatic heterocycles. The van der Waals surface area contributed by atoms with E-state index in [4.69, 9.17) is 21.4 Å². The Morgan fingerprint density at radius 2 is 1.67 bits per heavy atom. The molecule has 2 heterocycles. The van der Waals surface area contributed by atoms with Gasteiger partial charge in [0.25, 0.3) is 22.7 Å². The Kier molecular flexibility index (Phi) is 5.96. The molecule has 0 bridgehead atoms. The summed E-state index contributed by atoms with van der Waals surface area (Å²) in [5.74, 6) is -1.56. The lowest BCUT2D eigenvalue weighted by Gasteiger charge is -2.23. The van der Waals surface area contributed by atoms with Crippen molar-refractivity contribution in [3.05, 3.63) is 93.9 Å². The monoisotopic (exact) mass is 465 g/mol. The minimum absolute atomic E-state index is 0.0281. The third-order valence-electron chi connectivity index (χ3n) is 4.85. The lowest BCUT2D eigenvalue weighted by atomic mass is 10.1. The highest BCUT2D eigenvalue weighted by Crippen LogP contribution is 2.24. The molecular weight excluding hydrogens is 450 g/mol. The normalized spacial score (nSPS) is 12.4. The highest BCUT2D eigenvalue weighted by atomic mass is 32.1. The molecule has 0 spiro atoms. The van der Waals surface area contributed by atoms with E-state index in [9.17, 15) is 24.5 Å². The first-order valence-electron chi connectivity index (χ1n) is 9.63. The van der Waals surface area contributed by atoms with Crippen molar-refractivity contribution >= 4 is 46.5 Å². The molecule has 0 saturated carbocycles. The van der Waals surface area contributed by atoms with E-state index >= 15 is 0 Å². The molecule has 4 rings (SSSR count). The molecule has 0 radical (unpaired) electrons. The first-order valence-corrected chi connectivity index (χ1v) is 10.0. The van der Waals surface area contributed by atoms with E-state index in [1.54, 1.807) is 24.3 Å². The number of hydrogen-bond acceptors (Lipinski definition) is 8. The van der Waals surface area contributed by atoms with Crippen LogP contribution in [0.25, 0.3) is 0 Å². The van der Waals surface area contributed by atoms with Gasteiger partial charge in [0, 0.05) is 12.1 Å². The third-order valence-corrected chi connectivity index (χ3v) is 5.16. The first kappa shape index (κ1) is 21.8. The SMILES string of the molecule is O=C1c2ccccc2C(=O)N1CCOC(=S)N(C(=O)c1ccco1)c1ccc([N+](=O)[O-])cc1. The number of amides is 3. The standard InChI is InChI=1S/C22H15N3O7S/c26-19-16-4-1-2-5-17(16)20(27)23(19)11-13-32-22(33)24(21(28)18-6-3-12-31-18)14-7-9-15(10-8-14)25(29)30/h1-10,12H,11,13H2. The topological polar surface area (TPSA) is 123 Å². The fraction of sp³-hybridized carbons (Fsp3) is 0.0909. The van der Waals surface area contributed by atoms with Crippen molar-refractivity contribution in [1.29, 1.82) is 0 Å². The highest BCUT2D eigenvalue weighted by Gasteiger charge is 2.35. The minimum atomic E-state index is -0.653. The molecule has 0 saturated heterocycles. The number of furan rings is 1. The Balaban J connectivity index is 1.49. The summed E-state index contributed by atoms with van der Waals surface area (Å²) >= 11 is 5.28. The molecule has 0 N–H and O–H groups in total. The minimum Gasteiger partial charge on any atom is -0.468 e. The zero-order valence-corrected chi connectivity index (χ0v) is 17.7. The number of anilines is 1. The molecule has 1 aliphatic heterocycles. The second kappa shape index (κ2) is 9.01. The van der Waals surface area contributed by atoms with Crippen LogP contribution in [0.3, 0.4) is 0 Å². The van der Waals surface area contributed by atoms with Gasteiger partial charge in [-0.25, -0.2) is 4.90 Å². The molecule has 0 aliphatic carbocycles. The van der Waals surface area contributed by atoms with Gasteiger partial charge in [0.1, 0.15) is 6.61 Å². The molecule has 3 aromatic rings. The summed E-state index contributed by atoms with van der Waals surface area (Å²) in [5, 5.41) is 10.7. The van der Waals surface area contributed by atoms with Crippen molar-refractivity contribution in [1.82, 2.24) is 4.90 Å². The number of imide groups is 1. The summed E-state index contributed by atoms with van der Waals surface area (Å²) in [7, 11) is 0. The third kappa shape index (κ3) is 4.21. The van der Waals surface area contributed by atoms with Crippen LogP contribution in [0.4, 0.5) is 11.4 Å². The summed E-state index contributed by atoms with van der Waals surface area (Å²) in [5.41, 5.74) is 0.672. The lowest BCUT2D eigenvalue weighted by Crippen LogP contribution is -2.39. The van der Waals surface area contributed by atoms with Gasteiger partial charge in [-0.15, -0.1) is 0 Å².